The van der Waals surface area contributed by atoms with Crippen LogP contribution in [0.5, 0.6) is 0 Å². The van der Waals surface area contributed by atoms with Crippen LogP contribution < -0.4 is 5.73 Å². The molecule has 0 aliphatic rings. The van der Waals surface area contributed by atoms with Crippen LogP contribution in [0.15, 0.2) is 6.20 Å². The molecule has 0 fully saturated rings. The van der Waals surface area contributed by atoms with E-state index in [4.69, 9.17) is 5.73 Å². The lowest BCUT2D eigenvalue weighted by Gasteiger charge is -2.22. The Bertz CT molecular complexity index is 268. The molecule has 0 bridgehead atoms. The SMILES string of the molecule is CCc1c(N)cnn1C(C)(C)C. The van der Waals surface area contributed by atoms with Gasteiger partial charge < -0.3 is 5.73 Å². The van der Waals surface area contributed by atoms with E-state index in [0.717, 1.165) is 17.8 Å². The van der Waals surface area contributed by atoms with Crippen molar-refractivity contribution >= 4 is 5.69 Å². The summed E-state index contributed by atoms with van der Waals surface area (Å²) in [5.41, 5.74) is 7.72. The average Bonchev–Trinajstić information content (AvgIpc) is 2.29. The molecule has 0 saturated carbocycles. The summed E-state index contributed by atoms with van der Waals surface area (Å²) in [7, 11) is 0. The largest absolute Gasteiger partial charge is 0.396 e. The van der Waals surface area contributed by atoms with Crippen LogP contribution in [0.4, 0.5) is 5.69 Å². The number of hydrogen-bond acceptors (Lipinski definition) is 2. The second kappa shape index (κ2) is 2.81. The molecule has 0 aromatic carbocycles. The molecule has 0 saturated heterocycles. The van der Waals surface area contributed by atoms with Crippen molar-refractivity contribution in [3.05, 3.63) is 11.9 Å². The number of anilines is 1. The summed E-state index contributed by atoms with van der Waals surface area (Å²) >= 11 is 0. The third-order valence-corrected chi connectivity index (χ3v) is 1.87. The van der Waals surface area contributed by atoms with E-state index in [2.05, 4.69) is 32.8 Å². The number of aromatic nitrogens is 2. The molecule has 1 rings (SSSR count). The molecule has 1 aromatic rings. The zero-order chi connectivity index (χ0) is 9.35. The number of nitrogens with two attached hydrogens (primary N) is 1. The normalized spacial score (nSPS) is 12.0. The molecule has 68 valence electrons. The smallest absolute Gasteiger partial charge is 0.0733 e. The molecule has 0 atom stereocenters. The van der Waals surface area contributed by atoms with Gasteiger partial charge in [0.2, 0.25) is 0 Å². The van der Waals surface area contributed by atoms with Crippen LogP contribution in [0, 0.1) is 0 Å². The molecule has 3 heteroatoms. The summed E-state index contributed by atoms with van der Waals surface area (Å²) < 4.78 is 1.99. The quantitative estimate of drug-likeness (QED) is 0.693. The fourth-order valence-corrected chi connectivity index (χ4v) is 1.32. The van der Waals surface area contributed by atoms with Crippen molar-refractivity contribution in [1.29, 1.82) is 0 Å². The first-order valence-electron chi connectivity index (χ1n) is 4.29. The lowest BCUT2D eigenvalue weighted by atomic mass is 10.1. The maximum atomic E-state index is 5.77. The topological polar surface area (TPSA) is 43.8 Å². The van der Waals surface area contributed by atoms with E-state index in [9.17, 15) is 0 Å². The lowest BCUT2D eigenvalue weighted by Crippen LogP contribution is -2.25. The van der Waals surface area contributed by atoms with Crippen molar-refractivity contribution in [1.82, 2.24) is 9.78 Å². The van der Waals surface area contributed by atoms with E-state index in [1.807, 2.05) is 4.68 Å². The molecule has 3 nitrogen and oxygen atoms in total. The second-order valence-corrected chi connectivity index (χ2v) is 3.98. The minimum Gasteiger partial charge on any atom is -0.396 e. The number of nitrogen functional groups attached to an aromatic ring is 1. The molecular weight excluding hydrogens is 150 g/mol. The minimum atomic E-state index is 0.0307. The Kier molecular flexibility index (Phi) is 2.13. The number of hydrogen-bond donors (Lipinski definition) is 1. The first-order valence-corrected chi connectivity index (χ1v) is 4.29. The van der Waals surface area contributed by atoms with Gasteiger partial charge in [0.1, 0.15) is 0 Å². The van der Waals surface area contributed by atoms with Gasteiger partial charge in [-0.25, -0.2) is 0 Å². The Morgan fingerprint density at radius 1 is 1.50 bits per heavy atom. The monoisotopic (exact) mass is 167 g/mol. The summed E-state index contributed by atoms with van der Waals surface area (Å²) in [4.78, 5) is 0. The molecule has 0 unspecified atom stereocenters. The highest BCUT2D eigenvalue weighted by atomic mass is 15.3. The van der Waals surface area contributed by atoms with Crippen molar-refractivity contribution in [2.45, 2.75) is 39.7 Å². The molecule has 0 spiro atoms. The molecule has 1 aromatic heterocycles. The van der Waals surface area contributed by atoms with Gasteiger partial charge >= 0.3 is 0 Å². The van der Waals surface area contributed by atoms with Gasteiger partial charge in [0, 0.05) is 0 Å². The van der Waals surface area contributed by atoms with Gasteiger partial charge in [0.25, 0.3) is 0 Å². The molecule has 12 heavy (non-hydrogen) atoms. The molecule has 0 aliphatic carbocycles. The van der Waals surface area contributed by atoms with Crippen molar-refractivity contribution in [2.75, 3.05) is 5.73 Å². The summed E-state index contributed by atoms with van der Waals surface area (Å²) in [5.74, 6) is 0. The zero-order valence-corrected chi connectivity index (χ0v) is 8.26. The molecular formula is C9H17N3. The zero-order valence-electron chi connectivity index (χ0n) is 8.26. The van der Waals surface area contributed by atoms with Gasteiger partial charge in [-0.3, -0.25) is 4.68 Å². The summed E-state index contributed by atoms with van der Waals surface area (Å²) in [6.45, 7) is 8.46. The van der Waals surface area contributed by atoms with Crippen LogP contribution in [-0.4, -0.2) is 9.78 Å². The minimum absolute atomic E-state index is 0.0307. The third kappa shape index (κ3) is 1.44. The lowest BCUT2D eigenvalue weighted by molar-refractivity contribution is 0.344. The average molecular weight is 167 g/mol. The first kappa shape index (κ1) is 9.10. The highest BCUT2D eigenvalue weighted by molar-refractivity contribution is 5.41. The highest BCUT2D eigenvalue weighted by Crippen LogP contribution is 2.20. The van der Waals surface area contributed by atoms with Gasteiger partial charge in [-0.2, -0.15) is 5.10 Å². The molecule has 0 aliphatic heterocycles. The number of rotatable bonds is 1. The standard InChI is InChI=1S/C9H17N3/c1-5-8-7(10)6-11-12(8)9(2,3)4/h6H,5,10H2,1-4H3. The van der Waals surface area contributed by atoms with Crippen LogP contribution in [0.3, 0.4) is 0 Å². The predicted molar refractivity (Wildman–Crippen MR) is 51.0 cm³/mol. The third-order valence-electron chi connectivity index (χ3n) is 1.87. The van der Waals surface area contributed by atoms with E-state index in [1.54, 1.807) is 6.20 Å². The van der Waals surface area contributed by atoms with E-state index >= 15 is 0 Å². The highest BCUT2D eigenvalue weighted by Gasteiger charge is 2.18. The van der Waals surface area contributed by atoms with Crippen molar-refractivity contribution < 1.29 is 0 Å². The van der Waals surface area contributed by atoms with Crippen molar-refractivity contribution in [3.63, 3.8) is 0 Å². The van der Waals surface area contributed by atoms with Crippen LogP contribution >= 0.6 is 0 Å². The van der Waals surface area contributed by atoms with Crippen molar-refractivity contribution in [3.8, 4) is 0 Å². The Morgan fingerprint density at radius 2 is 2.08 bits per heavy atom. The fraction of sp³-hybridized carbons (Fsp3) is 0.667. The Morgan fingerprint density at radius 3 is 2.42 bits per heavy atom. The first-order chi connectivity index (χ1) is 5.46. The second-order valence-electron chi connectivity index (χ2n) is 3.98. The van der Waals surface area contributed by atoms with Gasteiger partial charge in [0.05, 0.1) is 23.1 Å². The van der Waals surface area contributed by atoms with Gasteiger partial charge in [-0.15, -0.1) is 0 Å². The molecule has 1 heterocycles. The Hall–Kier alpha value is -0.990. The maximum Gasteiger partial charge on any atom is 0.0733 e. The number of nitrogens with zero attached hydrogens (tertiary/aromatic N) is 2. The van der Waals surface area contributed by atoms with E-state index in [1.165, 1.54) is 0 Å². The predicted octanol–water partition coefficient (Wildman–Crippen LogP) is 1.78. The van der Waals surface area contributed by atoms with Gasteiger partial charge in [-0.05, 0) is 27.2 Å². The van der Waals surface area contributed by atoms with Crippen molar-refractivity contribution in [2.24, 2.45) is 0 Å². The summed E-state index contributed by atoms with van der Waals surface area (Å²) in [6, 6.07) is 0. The van der Waals surface area contributed by atoms with E-state index in [0.29, 0.717) is 0 Å². The molecule has 2 N–H and O–H groups in total. The van der Waals surface area contributed by atoms with Crippen LogP contribution in [0.2, 0.25) is 0 Å². The summed E-state index contributed by atoms with van der Waals surface area (Å²) in [6.07, 6.45) is 2.66. The van der Waals surface area contributed by atoms with E-state index in [-0.39, 0.29) is 5.54 Å². The molecule has 0 amide bonds. The Labute approximate surface area is 73.6 Å². The molecule has 0 radical (unpaired) electrons. The van der Waals surface area contributed by atoms with Crippen LogP contribution in [0.25, 0.3) is 0 Å². The maximum absolute atomic E-state index is 5.77. The van der Waals surface area contributed by atoms with Crippen LogP contribution in [-0.2, 0) is 12.0 Å². The fourth-order valence-electron chi connectivity index (χ4n) is 1.32. The Balaban J connectivity index is 3.16. The summed E-state index contributed by atoms with van der Waals surface area (Å²) in [5, 5.41) is 4.25. The van der Waals surface area contributed by atoms with Crippen LogP contribution in [0.1, 0.15) is 33.4 Å². The van der Waals surface area contributed by atoms with E-state index < -0.39 is 0 Å². The van der Waals surface area contributed by atoms with Gasteiger partial charge in [0.15, 0.2) is 0 Å². The van der Waals surface area contributed by atoms with Gasteiger partial charge in [-0.1, -0.05) is 6.92 Å².